The Kier molecular flexibility index (Phi) is 5.73. The van der Waals surface area contributed by atoms with Crippen LogP contribution in [0.3, 0.4) is 0 Å². The maximum absolute atomic E-state index is 12.2. The molecule has 0 bridgehead atoms. The molecule has 0 aliphatic carbocycles. The molecular formula is C16H18ClNOS2. The van der Waals surface area contributed by atoms with E-state index in [2.05, 4.69) is 11.4 Å². The number of thiophene rings is 1. The first-order valence-corrected chi connectivity index (χ1v) is 8.94. The second-order valence-corrected chi connectivity index (χ2v) is 8.10. The lowest BCUT2D eigenvalue weighted by Gasteiger charge is -2.13. The van der Waals surface area contributed by atoms with Crippen LogP contribution < -0.4 is 5.32 Å². The van der Waals surface area contributed by atoms with Crippen LogP contribution in [0, 0.1) is 13.8 Å². The van der Waals surface area contributed by atoms with Crippen molar-refractivity contribution < 1.29 is 4.79 Å². The third kappa shape index (κ3) is 4.77. The van der Waals surface area contributed by atoms with E-state index in [1.54, 1.807) is 23.1 Å². The van der Waals surface area contributed by atoms with Crippen molar-refractivity contribution in [2.45, 2.75) is 31.8 Å². The highest BCUT2D eigenvalue weighted by atomic mass is 35.5. The van der Waals surface area contributed by atoms with E-state index in [0.29, 0.717) is 0 Å². The Hall–Kier alpha value is -0.970. The van der Waals surface area contributed by atoms with Crippen molar-refractivity contribution >= 4 is 46.3 Å². The first-order valence-electron chi connectivity index (χ1n) is 6.69. The van der Waals surface area contributed by atoms with Crippen LogP contribution in [0.5, 0.6) is 0 Å². The molecule has 2 rings (SSSR count). The van der Waals surface area contributed by atoms with Crippen molar-refractivity contribution in [2.24, 2.45) is 0 Å². The first-order chi connectivity index (χ1) is 9.95. The Bertz CT molecular complexity index is 639. The van der Waals surface area contributed by atoms with E-state index >= 15 is 0 Å². The van der Waals surface area contributed by atoms with Crippen molar-refractivity contribution in [2.75, 3.05) is 5.32 Å². The zero-order valence-corrected chi connectivity index (χ0v) is 14.7. The normalized spacial score (nSPS) is 12.2. The zero-order chi connectivity index (χ0) is 15.4. The van der Waals surface area contributed by atoms with Crippen LogP contribution >= 0.6 is 34.7 Å². The molecule has 1 atom stereocenters. The summed E-state index contributed by atoms with van der Waals surface area (Å²) in [7, 11) is 0. The fourth-order valence-electron chi connectivity index (χ4n) is 1.90. The van der Waals surface area contributed by atoms with Gasteiger partial charge in [-0.05, 0) is 44.5 Å². The van der Waals surface area contributed by atoms with Crippen LogP contribution in [0.15, 0.2) is 30.3 Å². The molecule has 1 unspecified atom stereocenters. The lowest BCUT2D eigenvalue weighted by atomic mass is 10.1. The van der Waals surface area contributed by atoms with Crippen LogP contribution in [0.1, 0.15) is 22.9 Å². The molecule has 1 aromatic carbocycles. The third-order valence-corrected chi connectivity index (χ3v) is 5.72. The number of amides is 1. The van der Waals surface area contributed by atoms with Crippen molar-refractivity contribution in [1.82, 2.24) is 0 Å². The summed E-state index contributed by atoms with van der Waals surface area (Å²) in [6.07, 6.45) is 0. The average Bonchev–Trinajstić information content (AvgIpc) is 2.85. The molecule has 1 heterocycles. The van der Waals surface area contributed by atoms with Crippen molar-refractivity contribution in [3.05, 3.63) is 50.7 Å². The van der Waals surface area contributed by atoms with Crippen molar-refractivity contribution in [3.63, 3.8) is 0 Å². The molecule has 1 N–H and O–H groups in total. The summed E-state index contributed by atoms with van der Waals surface area (Å²) in [5.74, 6) is 0.841. The number of hydrogen-bond acceptors (Lipinski definition) is 3. The van der Waals surface area contributed by atoms with E-state index in [1.807, 2.05) is 45.0 Å². The van der Waals surface area contributed by atoms with Crippen LogP contribution in [0.2, 0.25) is 4.34 Å². The molecule has 112 valence electrons. The highest BCUT2D eigenvalue weighted by Gasteiger charge is 2.15. The Morgan fingerprint density at radius 2 is 2.10 bits per heavy atom. The molecule has 2 aromatic rings. The molecule has 0 saturated heterocycles. The van der Waals surface area contributed by atoms with Gasteiger partial charge in [-0.3, -0.25) is 4.79 Å². The minimum absolute atomic E-state index is 0.0367. The number of anilines is 1. The number of rotatable bonds is 5. The number of carbonyl (C=O) groups is 1. The second-order valence-electron chi connectivity index (χ2n) is 4.97. The fraction of sp³-hybridized carbons (Fsp3) is 0.312. The number of nitrogens with one attached hydrogen (secondary N) is 1. The predicted molar refractivity (Wildman–Crippen MR) is 94.6 cm³/mol. The van der Waals surface area contributed by atoms with E-state index in [-0.39, 0.29) is 11.2 Å². The number of halogens is 1. The molecule has 0 spiro atoms. The minimum Gasteiger partial charge on any atom is -0.325 e. The Morgan fingerprint density at radius 1 is 1.33 bits per heavy atom. The van der Waals surface area contributed by atoms with Gasteiger partial charge in [-0.1, -0.05) is 29.3 Å². The van der Waals surface area contributed by atoms with E-state index in [4.69, 9.17) is 11.6 Å². The van der Waals surface area contributed by atoms with Crippen molar-refractivity contribution in [1.29, 1.82) is 0 Å². The molecule has 1 amide bonds. The quantitative estimate of drug-likeness (QED) is 0.803. The highest BCUT2D eigenvalue weighted by Crippen LogP contribution is 2.27. The summed E-state index contributed by atoms with van der Waals surface area (Å²) in [6, 6.07) is 9.94. The third-order valence-electron chi connectivity index (χ3n) is 3.11. The molecule has 5 heteroatoms. The minimum atomic E-state index is -0.105. The fourth-order valence-corrected chi connectivity index (χ4v) is 3.94. The summed E-state index contributed by atoms with van der Waals surface area (Å²) in [6.45, 7) is 5.98. The molecule has 0 fully saturated rings. The van der Waals surface area contributed by atoms with Crippen LogP contribution in [-0.4, -0.2) is 11.2 Å². The Morgan fingerprint density at radius 3 is 2.71 bits per heavy atom. The Balaban J connectivity index is 1.90. The average molecular weight is 340 g/mol. The van der Waals surface area contributed by atoms with Crippen LogP contribution in [0.4, 0.5) is 5.69 Å². The van der Waals surface area contributed by atoms with Gasteiger partial charge in [0.05, 0.1) is 9.59 Å². The van der Waals surface area contributed by atoms with E-state index in [9.17, 15) is 4.79 Å². The van der Waals surface area contributed by atoms with Gasteiger partial charge in [0.25, 0.3) is 0 Å². The van der Waals surface area contributed by atoms with Gasteiger partial charge >= 0.3 is 0 Å². The molecule has 0 aliphatic rings. The number of carbonyl (C=O) groups excluding carboxylic acids is 1. The molecule has 0 saturated carbocycles. The number of benzene rings is 1. The summed E-state index contributed by atoms with van der Waals surface area (Å²) in [5, 5.41) is 2.89. The molecule has 21 heavy (non-hydrogen) atoms. The molecular weight excluding hydrogens is 322 g/mol. The van der Waals surface area contributed by atoms with Crippen molar-refractivity contribution in [3.8, 4) is 0 Å². The second kappa shape index (κ2) is 7.34. The lowest BCUT2D eigenvalue weighted by Crippen LogP contribution is -2.23. The molecule has 1 aromatic heterocycles. The standard InChI is InChI=1S/C16H18ClNOS2/c1-10-4-6-14(11(2)8-10)18-16(19)12(3)20-9-13-5-7-15(17)21-13/h4-8,12H,9H2,1-3H3,(H,18,19). The van der Waals surface area contributed by atoms with Gasteiger partial charge in [0.15, 0.2) is 0 Å². The topological polar surface area (TPSA) is 29.1 Å². The summed E-state index contributed by atoms with van der Waals surface area (Å²) < 4.78 is 0.790. The molecule has 0 radical (unpaired) electrons. The van der Waals surface area contributed by atoms with Gasteiger partial charge < -0.3 is 5.32 Å². The van der Waals surface area contributed by atoms with Gasteiger partial charge in [0.2, 0.25) is 5.91 Å². The van der Waals surface area contributed by atoms with E-state index in [1.165, 1.54) is 10.4 Å². The van der Waals surface area contributed by atoms with E-state index < -0.39 is 0 Å². The van der Waals surface area contributed by atoms with Gasteiger partial charge in [-0.25, -0.2) is 0 Å². The van der Waals surface area contributed by atoms with Gasteiger partial charge in [-0.15, -0.1) is 23.1 Å². The molecule has 0 aliphatic heterocycles. The van der Waals surface area contributed by atoms with Crippen LogP contribution in [-0.2, 0) is 10.5 Å². The van der Waals surface area contributed by atoms with Gasteiger partial charge in [-0.2, -0.15) is 0 Å². The van der Waals surface area contributed by atoms with Crippen LogP contribution in [0.25, 0.3) is 0 Å². The predicted octanol–water partition coefficient (Wildman–Crippen LogP) is 5.28. The first kappa shape index (κ1) is 16.4. The smallest absolute Gasteiger partial charge is 0.237 e. The largest absolute Gasteiger partial charge is 0.325 e. The SMILES string of the molecule is Cc1ccc(NC(=O)C(C)SCc2ccc(Cl)s2)c(C)c1. The van der Waals surface area contributed by atoms with Gasteiger partial charge in [0, 0.05) is 16.3 Å². The lowest BCUT2D eigenvalue weighted by molar-refractivity contribution is -0.115. The highest BCUT2D eigenvalue weighted by molar-refractivity contribution is 7.99. The van der Waals surface area contributed by atoms with Gasteiger partial charge in [0.1, 0.15) is 0 Å². The number of thioether (sulfide) groups is 1. The van der Waals surface area contributed by atoms with E-state index in [0.717, 1.165) is 21.3 Å². The zero-order valence-electron chi connectivity index (χ0n) is 12.3. The maximum atomic E-state index is 12.2. The summed E-state index contributed by atoms with van der Waals surface area (Å²) in [4.78, 5) is 13.4. The summed E-state index contributed by atoms with van der Waals surface area (Å²) >= 11 is 9.09. The maximum Gasteiger partial charge on any atom is 0.237 e. The number of hydrogen-bond donors (Lipinski definition) is 1. The number of aryl methyl sites for hydroxylation is 2. The summed E-state index contributed by atoms with van der Waals surface area (Å²) in [5.41, 5.74) is 3.17. The monoisotopic (exact) mass is 339 g/mol. The Labute approximate surface area is 138 Å². The molecule has 2 nitrogen and oxygen atoms in total.